The lowest BCUT2D eigenvalue weighted by atomic mass is 10.0. The van der Waals surface area contributed by atoms with E-state index in [0.717, 1.165) is 12.0 Å². The van der Waals surface area contributed by atoms with Crippen LogP contribution in [0.2, 0.25) is 0 Å². The number of benzene rings is 2. The summed E-state index contributed by atoms with van der Waals surface area (Å²) in [5.74, 6) is 0. The molecule has 0 saturated carbocycles. The molecule has 0 unspecified atom stereocenters. The smallest absolute Gasteiger partial charge is 0.0230 e. The molecule has 0 fully saturated rings. The van der Waals surface area contributed by atoms with E-state index in [4.69, 9.17) is 0 Å². The van der Waals surface area contributed by atoms with Gasteiger partial charge in [0.15, 0.2) is 0 Å². The normalized spacial score (nSPS) is 9.17. The summed E-state index contributed by atoms with van der Waals surface area (Å²) in [6.45, 7) is 18.7. The molecule has 0 saturated heterocycles. The zero-order valence-electron chi connectivity index (χ0n) is 16.2. The highest BCUT2D eigenvalue weighted by molar-refractivity contribution is 5.62. The highest BCUT2D eigenvalue weighted by Gasteiger charge is 1.95. The molecule has 126 valence electrons. The van der Waals surface area contributed by atoms with Crippen LogP contribution >= 0.6 is 0 Å². The second kappa shape index (κ2) is 11.7. The van der Waals surface area contributed by atoms with Crippen molar-refractivity contribution in [2.75, 3.05) is 0 Å². The maximum atomic E-state index is 3.90. The van der Waals surface area contributed by atoms with Crippen molar-refractivity contribution in [1.29, 1.82) is 0 Å². The molecule has 0 aliphatic carbocycles. The third-order valence-corrected chi connectivity index (χ3v) is 3.53. The average Bonchev–Trinajstić information content (AvgIpc) is 2.52. The molecule has 0 aliphatic rings. The van der Waals surface area contributed by atoms with Gasteiger partial charge in [0.05, 0.1) is 0 Å². The summed E-state index contributed by atoms with van der Waals surface area (Å²) < 4.78 is 0. The Hall–Kier alpha value is -1.82. The minimum Gasteiger partial charge on any atom is -0.0955 e. The van der Waals surface area contributed by atoms with Gasteiger partial charge in [0.2, 0.25) is 0 Å². The van der Waals surface area contributed by atoms with Crippen LogP contribution in [-0.4, -0.2) is 0 Å². The topological polar surface area (TPSA) is 0 Å². The first kappa shape index (κ1) is 21.2. The van der Waals surface area contributed by atoms with Gasteiger partial charge in [0, 0.05) is 0 Å². The lowest BCUT2D eigenvalue weighted by Crippen LogP contribution is -1.83. The van der Waals surface area contributed by atoms with Gasteiger partial charge in [-0.1, -0.05) is 87.4 Å². The summed E-state index contributed by atoms with van der Waals surface area (Å²) in [5, 5.41) is 0. The van der Waals surface area contributed by atoms with Crippen molar-refractivity contribution in [1.82, 2.24) is 0 Å². The molecule has 23 heavy (non-hydrogen) atoms. The molecule has 0 N–H and O–H groups in total. The minimum absolute atomic E-state index is 1.13. The summed E-state index contributed by atoms with van der Waals surface area (Å²) in [6, 6.07) is 15.1. The monoisotopic (exact) mass is 310 g/mol. The first-order valence-corrected chi connectivity index (χ1v) is 8.64. The Labute approximate surface area is 144 Å². The number of hydrogen-bond acceptors (Lipinski definition) is 0. The SMILES string of the molecule is C=C(C)c1ccc(C)c(C)c1.CCC.CCc1ccc(C)cc1. The Bertz CT molecular complexity index is 573. The predicted molar refractivity (Wildman–Crippen MR) is 107 cm³/mol. The molecule has 2 aromatic carbocycles. The van der Waals surface area contributed by atoms with Crippen molar-refractivity contribution in [3.05, 3.63) is 76.9 Å². The van der Waals surface area contributed by atoms with Gasteiger partial charge in [-0.3, -0.25) is 0 Å². The van der Waals surface area contributed by atoms with Crippen LogP contribution in [0.4, 0.5) is 0 Å². The molecule has 2 aromatic rings. The largest absolute Gasteiger partial charge is 0.0955 e. The zero-order valence-corrected chi connectivity index (χ0v) is 16.2. The maximum absolute atomic E-state index is 3.90. The standard InChI is InChI=1S/C11H14.C9H12.C3H8/c1-8(2)11-6-5-9(3)10(4)7-11;1-3-9-6-4-8(2)5-7-9;1-3-2/h5-7H,1H2,2-4H3;4-7H,3H2,1-2H3;3H2,1-2H3. The Balaban J connectivity index is 0.000000365. The zero-order chi connectivity index (χ0) is 17.8. The summed E-state index contributed by atoms with van der Waals surface area (Å²) >= 11 is 0. The van der Waals surface area contributed by atoms with E-state index in [2.05, 4.69) is 90.6 Å². The average molecular weight is 311 g/mol. The Morgan fingerprint density at radius 2 is 1.35 bits per heavy atom. The molecule has 0 nitrogen and oxygen atoms in total. The van der Waals surface area contributed by atoms with Crippen LogP contribution in [0.25, 0.3) is 5.57 Å². The molecule has 0 heteroatoms. The summed E-state index contributed by atoms with van der Waals surface area (Å²) in [5.41, 5.74) is 7.81. The lowest BCUT2D eigenvalue weighted by molar-refractivity contribution is 1.09. The highest BCUT2D eigenvalue weighted by Crippen LogP contribution is 2.15. The van der Waals surface area contributed by atoms with Crippen LogP contribution in [0, 0.1) is 20.8 Å². The second-order valence-electron chi connectivity index (χ2n) is 6.13. The van der Waals surface area contributed by atoms with Crippen LogP contribution in [-0.2, 0) is 6.42 Å². The first-order chi connectivity index (χ1) is 10.8. The van der Waals surface area contributed by atoms with Crippen molar-refractivity contribution >= 4 is 5.57 Å². The summed E-state index contributed by atoms with van der Waals surface area (Å²) in [4.78, 5) is 0. The summed E-state index contributed by atoms with van der Waals surface area (Å²) in [6.07, 6.45) is 2.39. The first-order valence-electron chi connectivity index (χ1n) is 8.64. The molecular weight excluding hydrogens is 276 g/mol. The van der Waals surface area contributed by atoms with E-state index >= 15 is 0 Å². The number of rotatable bonds is 2. The van der Waals surface area contributed by atoms with Crippen molar-refractivity contribution in [2.24, 2.45) is 0 Å². The van der Waals surface area contributed by atoms with Gasteiger partial charge in [-0.2, -0.15) is 0 Å². The van der Waals surface area contributed by atoms with Gasteiger partial charge in [-0.25, -0.2) is 0 Å². The molecule has 0 aromatic heterocycles. The van der Waals surface area contributed by atoms with E-state index in [1.54, 1.807) is 0 Å². The van der Waals surface area contributed by atoms with Gasteiger partial charge >= 0.3 is 0 Å². The van der Waals surface area contributed by atoms with Crippen molar-refractivity contribution in [2.45, 2.75) is 61.3 Å². The number of allylic oxidation sites excluding steroid dienone is 1. The number of aryl methyl sites for hydroxylation is 4. The highest BCUT2D eigenvalue weighted by atomic mass is 14.0. The van der Waals surface area contributed by atoms with E-state index in [1.807, 2.05) is 6.92 Å². The van der Waals surface area contributed by atoms with Crippen LogP contribution in [0.3, 0.4) is 0 Å². The fraction of sp³-hybridized carbons (Fsp3) is 0.391. The molecule has 2 rings (SSSR count). The molecular formula is C23H34. The third kappa shape index (κ3) is 9.03. The van der Waals surface area contributed by atoms with E-state index in [1.165, 1.54) is 34.2 Å². The third-order valence-electron chi connectivity index (χ3n) is 3.53. The van der Waals surface area contributed by atoms with Gasteiger partial charge < -0.3 is 0 Å². The van der Waals surface area contributed by atoms with Gasteiger partial charge in [-0.15, -0.1) is 0 Å². The fourth-order valence-electron chi connectivity index (χ4n) is 1.83. The Morgan fingerprint density at radius 3 is 1.74 bits per heavy atom. The Kier molecular flexibility index (Phi) is 10.8. The van der Waals surface area contributed by atoms with E-state index in [9.17, 15) is 0 Å². The van der Waals surface area contributed by atoms with Crippen LogP contribution in [0.1, 0.15) is 61.9 Å². The van der Waals surface area contributed by atoms with Gasteiger partial charge in [0.25, 0.3) is 0 Å². The quantitative estimate of drug-likeness (QED) is 0.545. The molecule has 0 bridgehead atoms. The van der Waals surface area contributed by atoms with Crippen molar-refractivity contribution < 1.29 is 0 Å². The van der Waals surface area contributed by atoms with Gasteiger partial charge in [0.1, 0.15) is 0 Å². The second-order valence-corrected chi connectivity index (χ2v) is 6.13. The van der Waals surface area contributed by atoms with Crippen LogP contribution in [0.15, 0.2) is 49.0 Å². The van der Waals surface area contributed by atoms with E-state index < -0.39 is 0 Å². The number of hydrogen-bond donors (Lipinski definition) is 0. The molecule has 0 radical (unpaired) electrons. The minimum atomic E-state index is 1.13. The van der Waals surface area contributed by atoms with Crippen LogP contribution < -0.4 is 0 Å². The van der Waals surface area contributed by atoms with Crippen molar-refractivity contribution in [3.63, 3.8) is 0 Å². The van der Waals surface area contributed by atoms with E-state index in [-0.39, 0.29) is 0 Å². The molecule has 0 atom stereocenters. The lowest BCUT2D eigenvalue weighted by Gasteiger charge is -2.03. The summed E-state index contributed by atoms with van der Waals surface area (Å²) in [7, 11) is 0. The molecule has 0 spiro atoms. The maximum Gasteiger partial charge on any atom is -0.0230 e. The van der Waals surface area contributed by atoms with Crippen molar-refractivity contribution in [3.8, 4) is 0 Å². The Morgan fingerprint density at radius 1 is 0.826 bits per heavy atom. The van der Waals surface area contributed by atoms with Gasteiger partial charge in [-0.05, 0) is 56.4 Å². The predicted octanol–water partition coefficient (Wildman–Crippen LogP) is 7.31. The van der Waals surface area contributed by atoms with E-state index in [0.29, 0.717) is 0 Å². The van der Waals surface area contributed by atoms with Crippen LogP contribution in [0.5, 0.6) is 0 Å². The molecule has 0 heterocycles. The molecule has 0 amide bonds. The fourth-order valence-corrected chi connectivity index (χ4v) is 1.83. The molecule has 0 aliphatic heterocycles.